The minimum atomic E-state index is -2.95. The van der Waals surface area contributed by atoms with E-state index >= 15 is 0 Å². The molecular formula is C22H25F4N5O2. The molecule has 1 saturated heterocycles. The maximum Gasteiger partial charge on any atom is 0.260 e. The Hall–Kier alpha value is -2.27. The summed E-state index contributed by atoms with van der Waals surface area (Å²) in [4.78, 5) is 18.0. The predicted molar refractivity (Wildman–Crippen MR) is 109 cm³/mol. The topological polar surface area (TPSA) is 82.8 Å². The number of halogens is 4. The quantitative estimate of drug-likeness (QED) is 0.660. The Morgan fingerprint density at radius 1 is 1.12 bits per heavy atom. The molecule has 11 heteroatoms. The zero-order valence-electron chi connectivity index (χ0n) is 17.9. The van der Waals surface area contributed by atoms with Crippen molar-refractivity contribution in [2.75, 3.05) is 18.4 Å². The fraction of sp³-hybridized carbons (Fsp3) is 0.682. The number of pyridine rings is 1. The van der Waals surface area contributed by atoms with E-state index in [1.165, 1.54) is 0 Å². The Kier molecular flexibility index (Phi) is 4.43. The third-order valence-corrected chi connectivity index (χ3v) is 7.92. The molecule has 3 heterocycles. The Balaban J connectivity index is 1.10. The first-order valence-electron chi connectivity index (χ1n) is 11.4. The van der Waals surface area contributed by atoms with Crippen molar-refractivity contribution in [1.29, 1.82) is 0 Å². The molecule has 2 N–H and O–H groups in total. The second-order valence-corrected chi connectivity index (χ2v) is 10.3. The number of aromatic nitrogens is 3. The highest BCUT2D eigenvalue weighted by atomic mass is 19.3. The van der Waals surface area contributed by atoms with Crippen LogP contribution in [0.25, 0.3) is 5.65 Å². The molecule has 2 aromatic rings. The van der Waals surface area contributed by atoms with E-state index in [0.29, 0.717) is 18.7 Å². The lowest BCUT2D eigenvalue weighted by atomic mass is 9.65. The summed E-state index contributed by atoms with van der Waals surface area (Å²) in [5.74, 6) is -8.46. The number of rotatable bonds is 5. The molecule has 1 aliphatic heterocycles. The van der Waals surface area contributed by atoms with Gasteiger partial charge in [0.2, 0.25) is 11.9 Å². The van der Waals surface area contributed by atoms with E-state index in [4.69, 9.17) is 0 Å². The molecule has 1 amide bonds. The summed E-state index contributed by atoms with van der Waals surface area (Å²) in [7, 11) is 0. The highest BCUT2D eigenvalue weighted by Gasteiger charge is 2.63. The number of aliphatic hydroxyl groups excluding tert-OH is 1. The maximum absolute atomic E-state index is 13.3. The second-order valence-electron chi connectivity index (χ2n) is 10.3. The lowest BCUT2D eigenvalue weighted by molar-refractivity contribution is -0.143. The van der Waals surface area contributed by atoms with Gasteiger partial charge in [-0.1, -0.05) is 6.07 Å². The zero-order valence-corrected chi connectivity index (χ0v) is 17.9. The van der Waals surface area contributed by atoms with Gasteiger partial charge in [0.25, 0.3) is 11.8 Å². The molecule has 1 unspecified atom stereocenters. The first-order valence-corrected chi connectivity index (χ1v) is 11.4. The lowest BCUT2D eigenvalue weighted by Crippen LogP contribution is -2.61. The van der Waals surface area contributed by atoms with Crippen LogP contribution in [0.1, 0.15) is 50.1 Å². The van der Waals surface area contributed by atoms with Crippen LogP contribution in [-0.2, 0) is 4.79 Å². The number of anilines is 1. The summed E-state index contributed by atoms with van der Waals surface area (Å²) in [6.07, 6.45) is 1.89. The lowest BCUT2D eigenvalue weighted by Gasteiger charge is -2.55. The van der Waals surface area contributed by atoms with Crippen molar-refractivity contribution in [3.8, 4) is 0 Å². The minimum absolute atomic E-state index is 0.0166. The number of hydrogen-bond acceptors (Lipinski definition) is 5. The third kappa shape index (κ3) is 3.60. The number of carbonyl (C=O) groups is 1. The monoisotopic (exact) mass is 467 g/mol. The van der Waals surface area contributed by atoms with Crippen LogP contribution in [0, 0.1) is 17.3 Å². The predicted octanol–water partition coefficient (Wildman–Crippen LogP) is 3.26. The summed E-state index contributed by atoms with van der Waals surface area (Å²) in [5, 5.41) is 16.9. The fourth-order valence-corrected chi connectivity index (χ4v) is 5.64. The Morgan fingerprint density at radius 3 is 2.39 bits per heavy atom. The molecule has 6 rings (SSSR count). The number of fused-ring (bicyclic) bond motifs is 1. The number of likely N-dealkylation sites (tertiary alicyclic amines) is 1. The Labute approximate surface area is 187 Å². The summed E-state index contributed by atoms with van der Waals surface area (Å²) in [5.41, 5.74) is 1.54. The molecule has 3 aliphatic carbocycles. The largest absolute Gasteiger partial charge is 0.378 e. The number of aliphatic hydroxyl groups is 1. The van der Waals surface area contributed by atoms with Crippen LogP contribution in [0.5, 0.6) is 0 Å². The van der Waals surface area contributed by atoms with Gasteiger partial charge in [0, 0.05) is 37.5 Å². The highest BCUT2D eigenvalue weighted by molar-refractivity contribution is 5.94. The summed E-state index contributed by atoms with van der Waals surface area (Å²) in [6.45, 7) is 1.28. The first kappa shape index (κ1) is 21.3. The average Bonchev–Trinajstić information content (AvgIpc) is 3.51. The number of hydrogen-bond donors (Lipinski definition) is 2. The van der Waals surface area contributed by atoms with Crippen LogP contribution >= 0.6 is 0 Å². The molecule has 3 atom stereocenters. The second kappa shape index (κ2) is 6.88. The molecule has 2 aromatic heterocycles. The number of alkyl halides is 4. The van der Waals surface area contributed by atoms with Crippen molar-refractivity contribution in [2.45, 2.75) is 62.5 Å². The van der Waals surface area contributed by atoms with Crippen molar-refractivity contribution >= 4 is 17.5 Å². The van der Waals surface area contributed by atoms with Gasteiger partial charge >= 0.3 is 0 Å². The average molecular weight is 467 g/mol. The van der Waals surface area contributed by atoms with Crippen LogP contribution in [0.15, 0.2) is 18.2 Å². The van der Waals surface area contributed by atoms with Gasteiger partial charge < -0.3 is 5.11 Å². The molecule has 33 heavy (non-hydrogen) atoms. The summed E-state index contributed by atoms with van der Waals surface area (Å²) in [6, 6.07) is 5.57. The van der Waals surface area contributed by atoms with Crippen molar-refractivity contribution < 1.29 is 27.5 Å². The van der Waals surface area contributed by atoms with Gasteiger partial charge in [0.05, 0.1) is 5.92 Å². The van der Waals surface area contributed by atoms with E-state index in [0.717, 1.165) is 31.4 Å². The SMILES string of the molecule is O=C(Nc1nc2cccc(C3CCC4(CC3)CN(C(O)[C@@H]3CC3(F)F)C4)n2n1)[C@H]1CC1(F)F. The van der Waals surface area contributed by atoms with Crippen LogP contribution in [-0.4, -0.2) is 61.7 Å². The fourth-order valence-electron chi connectivity index (χ4n) is 5.64. The number of nitrogens with one attached hydrogen (secondary N) is 1. The van der Waals surface area contributed by atoms with Crippen molar-refractivity contribution in [3.05, 3.63) is 23.9 Å². The number of carbonyl (C=O) groups excluding carboxylic acids is 1. The smallest absolute Gasteiger partial charge is 0.260 e. The van der Waals surface area contributed by atoms with Gasteiger partial charge in [-0.05, 0) is 43.2 Å². The van der Waals surface area contributed by atoms with Gasteiger partial charge in [-0.25, -0.2) is 22.1 Å². The first-order chi connectivity index (χ1) is 15.6. The molecule has 3 saturated carbocycles. The number of amides is 1. The maximum atomic E-state index is 13.3. The van der Waals surface area contributed by atoms with Crippen molar-refractivity contribution in [2.24, 2.45) is 17.3 Å². The highest BCUT2D eigenvalue weighted by Crippen LogP contribution is 2.55. The third-order valence-electron chi connectivity index (χ3n) is 7.92. The molecule has 0 bridgehead atoms. The normalized spacial score (nSPS) is 30.7. The molecule has 178 valence electrons. The van der Waals surface area contributed by atoms with Gasteiger partial charge in [-0.15, -0.1) is 5.10 Å². The van der Waals surface area contributed by atoms with Crippen molar-refractivity contribution in [1.82, 2.24) is 19.5 Å². The van der Waals surface area contributed by atoms with E-state index in [9.17, 15) is 27.5 Å². The molecule has 0 aromatic carbocycles. The Morgan fingerprint density at radius 2 is 1.79 bits per heavy atom. The van der Waals surface area contributed by atoms with Gasteiger partial charge in [0.15, 0.2) is 5.65 Å². The van der Waals surface area contributed by atoms with Gasteiger partial charge in [0.1, 0.15) is 12.1 Å². The van der Waals surface area contributed by atoms with E-state index in [1.807, 2.05) is 12.1 Å². The summed E-state index contributed by atoms with van der Waals surface area (Å²) < 4.78 is 54.5. The molecule has 1 spiro atoms. The standard InChI is InChI=1S/C22H25F4N5O2/c23-21(24)8-13(21)17(32)28-19-27-16-3-1-2-15(31(16)29-19)12-4-6-20(7-5-12)10-30(11-20)18(33)14-9-22(14,25)26/h1-3,12-14,18,33H,4-11H2,(H,28,29,32)/t13-,14+,18?/m1/s1. The zero-order chi connectivity index (χ0) is 23.2. The summed E-state index contributed by atoms with van der Waals surface area (Å²) >= 11 is 0. The molecule has 4 fully saturated rings. The molecule has 7 nitrogen and oxygen atoms in total. The van der Waals surface area contributed by atoms with Crippen LogP contribution < -0.4 is 5.32 Å². The van der Waals surface area contributed by atoms with E-state index in [2.05, 4.69) is 15.4 Å². The van der Waals surface area contributed by atoms with Gasteiger partial charge in [-0.3, -0.25) is 15.0 Å². The molecular weight excluding hydrogens is 442 g/mol. The van der Waals surface area contributed by atoms with E-state index in [1.54, 1.807) is 15.5 Å². The molecule has 0 radical (unpaired) electrons. The number of nitrogens with zero attached hydrogens (tertiary/aromatic N) is 4. The van der Waals surface area contributed by atoms with Crippen LogP contribution in [0.4, 0.5) is 23.5 Å². The molecule has 4 aliphatic rings. The minimum Gasteiger partial charge on any atom is -0.378 e. The van der Waals surface area contributed by atoms with Gasteiger partial charge in [-0.2, -0.15) is 4.98 Å². The van der Waals surface area contributed by atoms with Crippen molar-refractivity contribution in [3.63, 3.8) is 0 Å². The van der Waals surface area contributed by atoms with Crippen LogP contribution in [0.2, 0.25) is 0 Å². The van der Waals surface area contributed by atoms with Crippen LogP contribution in [0.3, 0.4) is 0 Å². The van der Waals surface area contributed by atoms with E-state index < -0.39 is 42.2 Å². The van der Waals surface area contributed by atoms with E-state index in [-0.39, 0.29) is 23.7 Å². The Bertz CT molecular complexity index is 1110.